The van der Waals surface area contributed by atoms with Gasteiger partial charge in [-0.3, -0.25) is 4.79 Å². The van der Waals surface area contributed by atoms with Gasteiger partial charge in [-0.15, -0.1) is 0 Å². The summed E-state index contributed by atoms with van der Waals surface area (Å²) in [5.74, 6) is -0.167. The fourth-order valence-electron chi connectivity index (χ4n) is 1.09. The third-order valence-corrected chi connectivity index (χ3v) is 2.72. The molecule has 1 amide bonds. The van der Waals surface area contributed by atoms with Crippen molar-refractivity contribution in [2.75, 3.05) is 5.32 Å². The summed E-state index contributed by atoms with van der Waals surface area (Å²) < 4.78 is 3.86. The number of hydrogen-bond acceptors (Lipinski definition) is 3. The van der Waals surface area contributed by atoms with Gasteiger partial charge >= 0.3 is 0 Å². The molecule has 0 bridgehead atoms. The minimum absolute atomic E-state index is 0.167. The van der Waals surface area contributed by atoms with Crippen LogP contribution in [0.2, 0.25) is 5.02 Å². The fourth-order valence-corrected chi connectivity index (χ4v) is 1.77. The molecule has 5 heteroatoms. The number of hydrogen-bond donors (Lipinski definition) is 1. The largest absolute Gasteiger partial charge is 0.321 e. The molecule has 0 fully saturated rings. The van der Waals surface area contributed by atoms with Crippen LogP contribution in [-0.2, 0) is 0 Å². The lowest BCUT2D eigenvalue weighted by atomic mass is 10.3. The number of nitrogens with one attached hydrogen (secondary N) is 1. The van der Waals surface area contributed by atoms with E-state index in [-0.39, 0.29) is 5.91 Å². The first-order valence-electron chi connectivity index (χ1n) is 4.23. The monoisotopic (exact) mass is 238 g/mol. The van der Waals surface area contributed by atoms with E-state index in [0.29, 0.717) is 15.6 Å². The molecule has 0 aliphatic carbocycles. The standard InChI is InChI=1S/C10H7ClN2OS/c11-7-2-1-3-8(6-7)13-10(14)9-4-5-12-15-9/h1-6H,(H,13,14). The summed E-state index contributed by atoms with van der Waals surface area (Å²) in [7, 11) is 0. The Labute approximate surface area is 95.9 Å². The Hall–Kier alpha value is -1.39. The van der Waals surface area contributed by atoms with Crippen LogP contribution in [0, 0.1) is 0 Å². The number of amides is 1. The second kappa shape index (κ2) is 4.42. The van der Waals surface area contributed by atoms with E-state index in [4.69, 9.17) is 11.6 Å². The van der Waals surface area contributed by atoms with Crippen molar-refractivity contribution in [1.29, 1.82) is 0 Å². The van der Waals surface area contributed by atoms with Gasteiger partial charge < -0.3 is 5.32 Å². The van der Waals surface area contributed by atoms with Crippen LogP contribution in [0.3, 0.4) is 0 Å². The zero-order chi connectivity index (χ0) is 10.7. The molecule has 1 aromatic carbocycles. The van der Waals surface area contributed by atoms with Gasteiger partial charge in [0.25, 0.3) is 5.91 Å². The Kier molecular flexibility index (Phi) is 2.99. The third-order valence-electron chi connectivity index (χ3n) is 1.74. The summed E-state index contributed by atoms with van der Waals surface area (Å²) in [6, 6.07) is 8.68. The molecule has 0 unspecified atom stereocenters. The summed E-state index contributed by atoms with van der Waals surface area (Å²) in [4.78, 5) is 12.2. The molecule has 0 atom stereocenters. The highest BCUT2D eigenvalue weighted by molar-refractivity contribution is 7.08. The van der Waals surface area contributed by atoms with E-state index in [2.05, 4.69) is 9.69 Å². The maximum Gasteiger partial charge on any atom is 0.267 e. The van der Waals surface area contributed by atoms with Crippen LogP contribution in [0.25, 0.3) is 0 Å². The molecule has 15 heavy (non-hydrogen) atoms. The number of carbonyl (C=O) groups is 1. The molecule has 76 valence electrons. The van der Waals surface area contributed by atoms with Gasteiger partial charge in [0.15, 0.2) is 0 Å². The molecular weight excluding hydrogens is 232 g/mol. The number of rotatable bonds is 2. The Morgan fingerprint density at radius 1 is 1.40 bits per heavy atom. The Morgan fingerprint density at radius 2 is 2.27 bits per heavy atom. The van der Waals surface area contributed by atoms with E-state index in [0.717, 1.165) is 11.5 Å². The topological polar surface area (TPSA) is 42.0 Å². The van der Waals surface area contributed by atoms with Gasteiger partial charge in [0, 0.05) is 16.9 Å². The van der Waals surface area contributed by atoms with Gasteiger partial charge in [0.1, 0.15) is 4.88 Å². The van der Waals surface area contributed by atoms with Gasteiger partial charge in [-0.25, -0.2) is 4.37 Å². The van der Waals surface area contributed by atoms with E-state index in [1.54, 1.807) is 36.5 Å². The first kappa shape index (κ1) is 10.1. The highest BCUT2D eigenvalue weighted by atomic mass is 35.5. The number of anilines is 1. The third kappa shape index (κ3) is 2.55. The second-order valence-corrected chi connectivity index (χ2v) is 4.11. The first-order chi connectivity index (χ1) is 7.25. The highest BCUT2D eigenvalue weighted by Crippen LogP contribution is 2.16. The number of nitrogens with zero attached hydrogens (tertiary/aromatic N) is 1. The van der Waals surface area contributed by atoms with Crippen LogP contribution >= 0.6 is 23.1 Å². The van der Waals surface area contributed by atoms with Crippen molar-refractivity contribution in [3.63, 3.8) is 0 Å². The van der Waals surface area contributed by atoms with Crippen LogP contribution in [0.1, 0.15) is 9.67 Å². The molecule has 2 rings (SSSR count). The minimum Gasteiger partial charge on any atom is -0.321 e. The van der Waals surface area contributed by atoms with Gasteiger partial charge in [0.2, 0.25) is 0 Å². The Balaban J connectivity index is 2.13. The van der Waals surface area contributed by atoms with Crippen molar-refractivity contribution in [2.45, 2.75) is 0 Å². The van der Waals surface area contributed by atoms with E-state index in [1.165, 1.54) is 0 Å². The van der Waals surface area contributed by atoms with Gasteiger partial charge in [-0.1, -0.05) is 17.7 Å². The van der Waals surface area contributed by atoms with Crippen LogP contribution < -0.4 is 5.32 Å². The molecule has 0 radical (unpaired) electrons. The quantitative estimate of drug-likeness (QED) is 0.874. The summed E-state index contributed by atoms with van der Waals surface area (Å²) in [5.41, 5.74) is 0.681. The minimum atomic E-state index is -0.167. The summed E-state index contributed by atoms with van der Waals surface area (Å²) in [6.07, 6.45) is 1.59. The molecular formula is C10H7ClN2OS. The van der Waals surface area contributed by atoms with Crippen molar-refractivity contribution in [1.82, 2.24) is 4.37 Å². The predicted octanol–water partition coefficient (Wildman–Crippen LogP) is 3.05. The lowest BCUT2D eigenvalue weighted by Crippen LogP contribution is -2.09. The molecule has 0 saturated heterocycles. The first-order valence-corrected chi connectivity index (χ1v) is 5.38. The molecule has 0 spiro atoms. The zero-order valence-corrected chi connectivity index (χ0v) is 9.18. The van der Waals surface area contributed by atoms with Crippen LogP contribution in [0.4, 0.5) is 5.69 Å². The summed E-state index contributed by atoms with van der Waals surface area (Å²) in [6.45, 7) is 0. The smallest absolute Gasteiger partial charge is 0.267 e. The second-order valence-electron chi connectivity index (χ2n) is 2.84. The van der Waals surface area contributed by atoms with Gasteiger partial charge in [0.05, 0.1) is 0 Å². The molecule has 3 nitrogen and oxygen atoms in total. The fraction of sp³-hybridized carbons (Fsp3) is 0. The van der Waals surface area contributed by atoms with Gasteiger partial charge in [-0.2, -0.15) is 0 Å². The maximum atomic E-state index is 11.6. The molecule has 1 heterocycles. The molecule has 1 aromatic heterocycles. The Morgan fingerprint density at radius 3 is 2.93 bits per heavy atom. The normalized spacial score (nSPS) is 9.93. The van der Waals surface area contributed by atoms with Crippen molar-refractivity contribution in [2.24, 2.45) is 0 Å². The lowest BCUT2D eigenvalue weighted by molar-refractivity contribution is 0.103. The van der Waals surface area contributed by atoms with Crippen molar-refractivity contribution >= 4 is 34.7 Å². The highest BCUT2D eigenvalue weighted by Gasteiger charge is 2.07. The zero-order valence-electron chi connectivity index (χ0n) is 7.61. The van der Waals surface area contributed by atoms with E-state index >= 15 is 0 Å². The summed E-state index contributed by atoms with van der Waals surface area (Å²) >= 11 is 6.95. The van der Waals surface area contributed by atoms with Crippen LogP contribution in [-0.4, -0.2) is 10.3 Å². The maximum absolute atomic E-state index is 11.6. The Bertz CT molecular complexity index is 470. The van der Waals surface area contributed by atoms with E-state index in [1.807, 2.05) is 0 Å². The van der Waals surface area contributed by atoms with Gasteiger partial charge in [-0.05, 0) is 35.8 Å². The average molecular weight is 239 g/mol. The SMILES string of the molecule is O=C(Nc1cccc(Cl)c1)c1ccns1. The van der Waals surface area contributed by atoms with Crippen LogP contribution in [0.15, 0.2) is 36.5 Å². The van der Waals surface area contributed by atoms with E-state index in [9.17, 15) is 4.79 Å². The van der Waals surface area contributed by atoms with E-state index < -0.39 is 0 Å². The molecule has 0 saturated carbocycles. The van der Waals surface area contributed by atoms with Crippen molar-refractivity contribution in [3.8, 4) is 0 Å². The molecule has 2 aromatic rings. The average Bonchev–Trinajstić information content (AvgIpc) is 2.70. The van der Waals surface area contributed by atoms with Crippen molar-refractivity contribution in [3.05, 3.63) is 46.4 Å². The van der Waals surface area contributed by atoms with Crippen LogP contribution in [0.5, 0.6) is 0 Å². The number of benzene rings is 1. The molecule has 0 aliphatic heterocycles. The number of aromatic nitrogens is 1. The molecule has 1 N–H and O–H groups in total. The van der Waals surface area contributed by atoms with Crippen molar-refractivity contribution < 1.29 is 4.79 Å². The number of halogens is 1. The summed E-state index contributed by atoms with van der Waals surface area (Å²) in [5, 5.41) is 3.33. The molecule has 0 aliphatic rings. The number of carbonyl (C=O) groups excluding carboxylic acids is 1. The lowest BCUT2D eigenvalue weighted by Gasteiger charge is -2.02. The predicted molar refractivity (Wildman–Crippen MR) is 61.5 cm³/mol.